The van der Waals surface area contributed by atoms with Crippen molar-refractivity contribution >= 4 is 0 Å². The van der Waals surface area contributed by atoms with Crippen LogP contribution in [0.15, 0.2) is 30.6 Å². The van der Waals surface area contributed by atoms with Gasteiger partial charge in [0.15, 0.2) is 5.82 Å². The molecule has 0 atom stereocenters. The number of hydrogen-bond donors (Lipinski definition) is 0. The number of pyridine rings is 1. The third kappa shape index (κ3) is 1.53. The van der Waals surface area contributed by atoms with Crippen molar-refractivity contribution < 1.29 is 0 Å². The summed E-state index contributed by atoms with van der Waals surface area (Å²) in [5.74, 6) is 0.879. The standard InChI is InChI=1S/C11H13N3/c1-3-10-5-6-11(13-9(10)2)14-8-4-7-12-14/h4-8H,3H2,1-2H3. The van der Waals surface area contributed by atoms with Gasteiger partial charge in [-0.3, -0.25) is 0 Å². The van der Waals surface area contributed by atoms with Crippen molar-refractivity contribution in [1.82, 2.24) is 14.8 Å². The quantitative estimate of drug-likeness (QED) is 0.721. The van der Waals surface area contributed by atoms with Crippen molar-refractivity contribution in [3.8, 4) is 5.82 Å². The van der Waals surface area contributed by atoms with E-state index in [0.717, 1.165) is 17.9 Å². The van der Waals surface area contributed by atoms with Crippen LogP contribution in [0.5, 0.6) is 0 Å². The summed E-state index contributed by atoms with van der Waals surface area (Å²) in [6.45, 7) is 4.17. The molecule has 72 valence electrons. The molecule has 0 amide bonds. The van der Waals surface area contributed by atoms with Gasteiger partial charge in [-0.15, -0.1) is 0 Å². The molecule has 2 aromatic rings. The third-order valence-corrected chi connectivity index (χ3v) is 2.30. The van der Waals surface area contributed by atoms with Gasteiger partial charge in [0.2, 0.25) is 0 Å². The van der Waals surface area contributed by atoms with E-state index in [2.05, 4.69) is 23.1 Å². The minimum Gasteiger partial charge on any atom is -0.234 e. The molecule has 0 aromatic carbocycles. The fourth-order valence-corrected chi connectivity index (χ4v) is 1.48. The van der Waals surface area contributed by atoms with Crippen LogP contribution in [0, 0.1) is 6.92 Å². The van der Waals surface area contributed by atoms with E-state index in [1.165, 1.54) is 5.56 Å². The van der Waals surface area contributed by atoms with Crippen LogP contribution in [0.3, 0.4) is 0 Å². The molecule has 0 bridgehead atoms. The number of aromatic nitrogens is 3. The number of rotatable bonds is 2. The molecule has 0 saturated heterocycles. The molecule has 0 saturated carbocycles. The van der Waals surface area contributed by atoms with Crippen LogP contribution in [0.25, 0.3) is 5.82 Å². The highest BCUT2D eigenvalue weighted by molar-refractivity contribution is 5.29. The van der Waals surface area contributed by atoms with Crippen molar-refractivity contribution in [1.29, 1.82) is 0 Å². The van der Waals surface area contributed by atoms with Crippen LogP contribution in [0.4, 0.5) is 0 Å². The van der Waals surface area contributed by atoms with Crippen molar-refractivity contribution in [3.05, 3.63) is 41.9 Å². The van der Waals surface area contributed by atoms with Crippen LogP contribution in [-0.4, -0.2) is 14.8 Å². The molecule has 0 fully saturated rings. The number of nitrogens with zero attached hydrogens (tertiary/aromatic N) is 3. The molecule has 2 heterocycles. The van der Waals surface area contributed by atoms with E-state index in [1.54, 1.807) is 10.9 Å². The van der Waals surface area contributed by atoms with E-state index in [9.17, 15) is 0 Å². The maximum absolute atomic E-state index is 4.49. The van der Waals surface area contributed by atoms with Crippen LogP contribution < -0.4 is 0 Å². The first kappa shape index (κ1) is 8.94. The highest BCUT2D eigenvalue weighted by Gasteiger charge is 2.01. The summed E-state index contributed by atoms with van der Waals surface area (Å²) in [7, 11) is 0. The molecule has 2 aromatic heterocycles. The minimum absolute atomic E-state index is 0.879. The molecule has 0 aliphatic carbocycles. The molecule has 2 rings (SSSR count). The Morgan fingerprint density at radius 3 is 2.79 bits per heavy atom. The largest absolute Gasteiger partial charge is 0.234 e. The lowest BCUT2D eigenvalue weighted by Gasteiger charge is -2.05. The van der Waals surface area contributed by atoms with Crippen LogP contribution in [0.2, 0.25) is 0 Å². The second-order valence-electron chi connectivity index (χ2n) is 3.22. The lowest BCUT2D eigenvalue weighted by atomic mass is 10.1. The SMILES string of the molecule is CCc1ccc(-n2cccn2)nc1C. The Morgan fingerprint density at radius 2 is 2.21 bits per heavy atom. The Bertz CT molecular complexity index is 418. The van der Waals surface area contributed by atoms with Crippen LogP contribution in [-0.2, 0) is 6.42 Å². The molecular weight excluding hydrogens is 174 g/mol. The second-order valence-corrected chi connectivity index (χ2v) is 3.22. The van der Waals surface area contributed by atoms with Crippen LogP contribution >= 0.6 is 0 Å². The van der Waals surface area contributed by atoms with E-state index >= 15 is 0 Å². The van der Waals surface area contributed by atoms with Gasteiger partial charge in [0.25, 0.3) is 0 Å². The molecule has 0 unspecified atom stereocenters. The van der Waals surface area contributed by atoms with Gasteiger partial charge < -0.3 is 0 Å². The van der Waals surface area contributed by atoms with Crippen molar-refractivity contribution in [3.63, 3.8) is 0 Å². The molecule has 14 heavy (non-hydrogen) atoms. The first-order valence-corrected chi connectivity index (χ1v) is 4.78. The summed E-state index contributed by atoms with van der Waals surface area (Å²) in [5.41, 5.74) is 2.38. The molecule has 0 radical (unpaired) electrons. The van der Waals surface area contributed by atoms with Crippen molar-refractivity contribution in [2.75, 3.05) is 0 Å². The van der Waals surface area contributed by atoms with Gasteiger partial charge in [0.05, 0.1) is 0 Å². The average Bonchev–Trinajstić information content (AvgIpc) is 2.70. The Kier molecular flexibility index (Phi) is 2.31. The molecule has 0 aliphatic heterocycles. The van der Waals surface area contributed by atoms with Gasteiger partial charge >= 0.3 is 0 Å². The molecule has 0 N–H and O–H groups in total. The summed E-state index contributed by atoms with van der Waals surface area (Å²) in [4.78, 5) is 4.49. The zero-order chi connectivity index (χ0) is 9.97. The van der Waals surface area contributed by atoms with E-state index < -0.39 is 0 Å². The average molecular weight is 187 g/mol. The summed E-state index contributed by atoms with van der Waals surface area (Å²) in [6.07, 6.45) is 4.68. The lowest BCUT2D eigenvalue weighted by molar-refractivity contribution is 0.835. The zero-order valence-corrected chi connectivity index (χ0v) is 8.44. The smallest absolute Gasteiger partial charge is 0.153 e. The highest BCUT2D eigenvalue weighted by Crippen LogP contribution is 2.09. The van der Waals surface area contributed by atoms with Gasteiger partial charge in [-0.05, 0) is 31.0 Å². The second kappa shape index (κ2) is 3.62. The van der Waals surface area contributed by atoms with E-state index in [4.69, 9.17) is 0 Å². The molecule has 3 heteroatoms. The Morgan fingerprint density at radius 1 is 1.36 bits per heavy atom. The molecule has 0 aliphatic rings. The number of aryl methyl sites for hydroxylation is 2. The fraction of sp³-hybridized carbons (Fsp3) is 0.273. The Balaban J connectivity index is 2.43. The van der Waals surface area contributed by atoms with Gasteiger partial charge in [0.1, 0.15) is 0 Å². The van der Waals surface area contributed by atoms with E-state index in [-0.39, 0.29) is 0 Å². The fourth-order valence-electron chi connectivity index (χ4n) is 1.48. The summed E-state index contributed by atoms with van der Waals surface area (Å²) >= 11 is 0. The van der Waals surface area contributed by atoms with Crippen molar-refractivity contribution in [2.45, 2.75) is 20.3 Å². The maximum Gasteiger partial charge on any atom is 0.153 e. The number of hydrogen-bond acceptors (Lipinski definition) is 2. The highest BCUT2D eigenvalue weighted by atomic mass is 15.3. The first-order chi connectivity index (χ1) is 6.81. The Labute approximate surface area is 83.4 Å². The predicted molar refractivity (Wildman–Crippen MR) is 55.5 cm³/mol. The summed E-state index contributed by atoms with van der Waals surface area (Å²) < 4.78 is 1.77. The monoisotopic (exact) mass is 187 g/mol. The zero-order valence-electron chi connectivity index (χ0n) is 8.44. The van der Waals surface area contributed by atoms with Gasteiger partial charge in [-0.2, -0.15) is 5.10 Å². The molecular formula is C11H13N3. The van der Waals surface area contributed by atoms with Crippen LogP contribution in [0.1, 0.15) is 18.2 Å². The van der Waals surface area contributed by atoms with Gasteiger partial charge in [0, 0.05) is 18.1 Å². The Hall–Kier alpha value is -1.64. The third-order valence-electron chi connectivity index (χ3n) is 2.30. The van der Waals surface area contributed by atoms with E-state index in [0.29, 0.717) is 0 Å². The van der Waals surface area contributed by atoms with E-state index in [1.807, 2.05) is 25.3 Å². The molecule has 3 nitrogen and oxygen atoms in total. The van der Waals surface area contributed by atoms with Gasteiger partial charge in [-0.1, -0.05) is 13.0 Å². The topological polar surface area (TPSA) is 30.7 Å². The summed E-state index contributed by atoms with van der Waals surface area (Å²) in [6, 6.07) is 6.00. The normalized spacial score (nSPS) is 10.4. The van der Waals surface area contributed by atoms with Crippen molar-refractivity contribution in [2.24, 2.45) is 0 Å². The predicted octanol–water partition coefficient (Wildman–Crippen LogP) is 2.14. The molecule has 0 spiro atoms. The first-order valence-electron chi connectivity index (χ1n) is 4.78. The van der Waals surface area contributed by atoms with Gasteiger partial charge in [-0.25, -0.2) is 9.67 Å². The lowest BCUT2D eigenvalue weighted by Crippen LogP contribution is -2.01. The minimum atomic E-state index is 0.879. The maximum atomic E-state index is 4.49. The summed E-state index contributed by atoms with van der Waals surface area (Å²) in [5, 5.41) is 4.14.